The van der Waals surface area contributed by atoms with Crippen LogP contribution in [0.25, 0.3) is 21.5 Å². The van der Waals surface area contributed by atoms with Crippen LogP contribution in [0.2, 0.25) is 0 Å². The quantitative estimate of drug-likeness (QED) is 0.0160. The Morgan fingerprint density at radius 2 is 0.969 bits per heavy atom. The third-order valence-electron chi connectivity index (χ3n) is 8.56. The van der Waals surface area contributed by atoms with Crippen molar-refractivity contribution in [2.75, 3.05) is 0 Å². The van der Waals surface area contributed by atoms with E-state index in [1.165, 1.54) is 13.8 Å². The van der Waals surface area contributed by atoms with Crippen LogP contribution in [-0.4, -0.2) is 78.0 Å². The van der Waals surface area contributed by atoms with E-state index >= 15 is 0 Å². The van der Waals surface area contributed by atoms with Gasteiger partial charge >= 0.3 is 59.1 Å². The Balaban J connectivity index is 0.000000427. The molecule has 29 heteroatoms. The number of phenols is 6. The van der Waals surface area contributed by atoms with Gasteiger partial charge in [0.05, 0.1) is 26.4 Å². The maximum absolute atomic E-state index is 11.7. The zero-order valence-electron chi connectivity index (χ0n) is 33.5. The number of nitrogens with one attached hydrogen (secondary N) is 1. The molecule has 0 aliphatic heterocycles. The number of aromatic hydroxyl groups is 6. The molecule has 0 spiro atoms. The van der Waals surface area contributed by atoms with Gasteiger partial charge in [0.25, 0.3) is 37.3 Å². The van der Waals surface area contributed by atoms with Crippen molar-refractivity contribution < 1.29 is 157 Å². The predicted molar refractivity (Wildman–Crippen MR) is 211 cm³/mol. The number of nitro benzene ring substituents is 2. The van der Waals surface area contributed by atoms with Gasteiger partial charge in [-0.15, -0.1) is 10.2 Å². The number of non-ortho nitro benzene ring substituents is 2. The zero-order chi connectivity index (χ0) is 46.2. The Morgan fingerprint density at radius 1 is 0.554 bits per heavy atom. The minimum atomic E-state index is -4.87. The second kappa shape index (κ2) is 21.5. The Bertz CT molecular complexity index is 3030. The number of azo groups is 2. The number of rotatable bonds is 10. The van der Waals surface area contributed by atoms with Crippen LogP contribution in [0.15, 0.2) is 97.9 Å². The largest absolute Gasteiger partial charge is 1.00 e. The molecule has 6 rings (SSSR count). The molecule has 0 aliphatic rings. The van der Waals surface area contributed by atoms with Crippen molar-refractivity contribution in [3.63, 3.8) is 0 Å². The second-order valence-electron chi connectivity index (χ2n) is 12.7. The topological polar surface area (TPSA) is 402 Å². The molecule has 9 N–H and O–H groups in total. The molecule has 0 unspecified atom stereocenters. The van der Waals surface area contributed by atoms with Gasteiger partial charge in [-0.25, -0.2) is 0 Å². The number of hydrogen-bond donors (Lipinski definition) is 9. The third kappa shape index (κ3) is 12.4. The van der Waals surface area contributed by atoms with Gasteiger partial charge in [0.15, 0.2) is 28.8 Å². The van der Waals surface area contributed by atoms with Crippen molar-refractivity contribution in [2.45, 2.75) is 23.6 Å². The summed E-state index contributed by atoms with van der Waals surface area (Å²) in [5.74, 6) is -4.45. The van der Waals surface area contributed by atoms with E-state index in [2.05, 4.69) is 20.5 Å². The molecule has 0 saturated heterocycles. The first-order valence-electron chi connectivity index (χ1n) is 16.7. The van der Waals surface area contributed by atoms with Gasteiger partial charge in [0, 0.05) is 86.9 Å². The van der Waals surface area contributed by atoms with E-state index < -0.39 is 97.3 Å². The Hall–Kier alpha value is -5.68. The molecule has 24 nitrogen and oxygen atoms in total. The summed E-state index contributed by atoms with van der Waals surface area (Å²) in [5, 5.41) is 94.9. The van der Waals surface area contributed by atoms with Crippen LogP contribution in [0.3, 0.4) is 0 Å². The van der Waals surface area contributed by atoms with E-state index in [-0.39, 0.29) is 132 Å². The maximum Gasteiger partial charge on any atom is 1.00 e. The van der Waals surface area contributed by atoms with Gasteiger partial charge in [-0.1, -0.05) is 5.11 Å². The van der Waals surface area contributed by atoms with Gasteiger partial charge in [0.2, 0.25) is 0 Å². The zero-order valence-corrected chi connectivity index (χ0v) is 40.2. The molecule has 328 valence electrons. The molecule has 65 heavy (non-hydrogen) atoms. The predicted octanol–water partition coefficient (Wildman–Crippen LogP) is -0.455. The first-order chi connectivity index (χ1) is 28.8. The number of phenolic OH excluding ortho intramolecular Hbond substituents is 6. The van der Waals surface area contributed by atoms with Crippen molar-refractivity contribution in [2.24, 2.45) is 15.3 Å². The van der Waals surface area contributed by atoms with E-state index in [9.17, 15) is 86.4 Å². The average molecular weight is 998 g/mol. The average Bonchev–Trinajstić information content (AvgIpc) is 3.16. The van der Waals surface area contributed by atoms with Crippen molar-refractivity contribution in [1.82, 2.24) is 0 Å². The van der Waals surface area contributed by atoms with Gasteiger partial charge in [-0.3, -0.25) is 38.9 Å². The molecule has 0 saturated carbocycles. The number of carbonyl (C=O) groups is 2. The number of fused-ring (bicyclic) bond motifs is 2. The van der Waals surface area contributed by atoms with Crippen LogP contribution in [0, 0.1) is 20.2 Å². The summed E-state index contributed by atoms with van der Waals surface area (Å²) in [5.41, 5.74) is -2.21. The molecule has 0 fully saturated rings. The molecule has 6 aromatic rings. The number of Topliss-reactive ketones (excluding diaryl/α,β-unsaturated/α-hetero) is 2. The molecular formula is C36H27FeN6Na2O18S2+3. The number of nitrogens with zero attached hydrogens (tertiary/aromatic N) is 5. The molecule has 0 heterocycles. The van der Waals surface area contributed by atoms with E-state index in [0.717, 1.165) is 60.7 Å². The fourth-order valence-electron chi connectivity index (χ4n) is 5.68. The summed E-state index contributed by atoms with van der Waals surface area (Å²) in [7, 11) is -9.72. The van der Waals surface area contributed by atoms with Crippen LogP contribution in [0.5, 0.6) is 34.5 Å². The van der Waals surface area contributed by atoms with E-state index in [1.54, 1.807) is 0 Å². The third-order valence-corrected chi connectivity index (χ3v) is 10.4. The monoisotopic (exact) mass is 997 g/mol. The molecule has 6 aromatic carbocycles. The summed E-state index contributed by atoms with van der Waals surface area (Å²) in [6, 6.07) is 11.3. The minimum Gasteiger partial charge on any atom is -0.507 e. The molecule has 0 aromatic heterocycles. The van der Waals surface area contributed by atoms with Crippen molar-refractivity contribution in [3.05, 3.63) is 104 Å². The summed E-state index contributed by atoms with van der Waals surface area (Å²) >= 11 is 0. The van der Waals surface area contributed by atoms with E-state index in [1.807, 2.05) is 0 Å². The van der Waals surface area contributed by atoms with Gasteiger partial charge in [0.1, 0.15) is 44.2 Å². The number of hydrogen-bond acceptors (Lipinski definition) is 19. The first-order valence-corrected chi connectivity index (χ1v) is 19.5. The summed E-state index contributed by atoms with van der Waals surface area (Å²) in [6.07, 6.45) is 0. The standard InChI is InChI=1S/2C18H13N3O9S.Fe.2Na/c2*1-8(22)11-5-13(15(24)6-14(11)23)19-20-18-10-3-2-9(21(26)27)4-12(10)17(7-16(18)25)31(28,29)30;;;/h2*2-7,23-25H,1H3,(H,28,29,30);;;/q;;;2*+1/p+1. The minimum absolute atomic E-state index is 0. The summed E-state index contributed by atoms with van der Waals surface area (Å²) in [4.78, 5) is 42.1. The van der Waals surface area contributed by atoms with Gasteiger partial charge < -0.3 is 30.6 Å². The van der Waals surface area contributed by atoms with Crippen molar-refractivity contribution in [1.29, 1.82) is 0 Å². The van der Waals surface area contributed by atoms with Crippen LogP contribution in [-0.2, 0) is 37.3 Å². The van der Waals surface area contributed by atoms with Crippen LogP contribution in [0.1, 0.15) is 34.6 Å². The number of ketones is 2. The fraction of sp³-hybridized carbons (Fsp3) is 0.0556. The number of carbonyl (C=O) groups excluding carboxylic acids is 2. The second-order valence-corrected chi connectivity index (χ2v) is 15.5. The first kappa shape index (κ1) is 55.5. The summed E-state index contributed by atoms with van der Waals surface area (Å²) in [6.45, 7) is 2.36. The normalized spacial score (nSPS) is 11.3. The molecule has 0 bridgehead atoms. The Morgan fingerprint density at radius 3 is 1.42 bits per heavy atom. The SMILES string of the molecule is CC(=O)c1cc(N=Nc2c(O)cc(S(=O)(=O)O)c3cc([N+](=O)[O-])ccc23)c(O)cc1O.CC(=O)c1cc(N=[NH+]c2c(O)cc(S(=O)(=O)O)c3cc([N+](=O)[O-])ccc23)c(O)cc1O.[Fe].[Na+].[Na+]. The molecule has 0 radical (unpaired) electrons. The Labute approximate surface area is 418 Å². The maximum atomic E-state index is 11.7. The van der Waals surface area contributed by atoms with Crippen LogP contribution >= 0.6 is 0 Å². The molecular weight excluding hydrogens is 970 g/mol. The molecule has 0 atom stereocenters. The number of benzene rings is 6. The van der Waals surface area contributed by atoms with Gasteiger partial charge in [-0.2, -0.15) is 16.8 Å². The van der Waals surface area contributed by atoms with E-state index in [0.29, 0.717) is 12.1 Å². The fourth-order valence-corrected chi connectivity index (χ4v) is 7.09. The molecule has 0 aliphatic carbocycles. The van der Waals surface area contributed by atoms with Gasteiger partial charge in [-0.05, 0) is 38.1 Å². The van der Waals surface area contributed by atoms with E-state index in [4.69, 9.17) is 0 Å². The van der Waals surface area contributed by atoms with Crippen LogP contribution in [0.4, 0.5) is 34.1 Å². The van der Waals surface area contributed by atoms with Crippen molar-refractivity contribution >= 4 is 87.5 Å². The van der Waals surface area contributed by atoms with Crippen molar-refractivity contribution in [3.8, 4) is 34.5 Å². The smallest absolute Gasteiger partial charge is 0.507 e. The molecule has 0 amide bonds. The van der Waals surface area contributed by atoms with Crippen LogP contribution < -0.4 is 64.2 Å². The Kier molecular flexibility index (Phi) is 18.4. The summed E-state index contributed by atoms with van der Waals surface area (Å²) < 4.78 is 65.6. The number of nitro groups is 2.